The fraction of sp³-hybridized carbons (Fsp3) is 0.375. The Kier molecular flexibility index (Phi) is 3.07. The Bertz CT molecular complexity index is 722. The predicted octanol–water partition coefficient (Wildman–Crippen LogP) is 2.11. The number of fused-ring (bicyclic) bond motifs is 1. The van der Waals surface area contributed by atoms with Gasteiger partial charge in [-0.3, -0.25) is 9.59 Å². The molecule has 22 heavy (non-hydrogen) atoms. The molecule has 2 fully saturated rings. The maximum absolute atomic E-state index is 12.7. The summed E-state index contributed by atoms with van der Waals surface area (Å²) >= 11 is 1.59. The number of hydrogen-bond donors (Lipinski definition) is 0. The van der Waals surface area contributed by atoms with E-state index in [2.05, 4.69) is 0 Å². The van der Waals surface area contributed by atoms with Gasteiger partial charge in [0.05, 0.1) is 17.8 Å². The highest BCUT2D eigenvalue weighted by atomic mass is 32.1. The van der Waals surface area contributed by atoms with Crippen LogP contribution in [0.2, 0.25) is 0 Å². The number of nitrogens with zero attached hydrogens (tertiary/aromatic N) is 3. The molecule has 0 radical (unpaired) electrons. The van der Waals surface area contributed by atoms with Gasteiger partial charge in [-0.15, -0.1) is 0 Å². The summed E-state index contributed by atoms with van der Waals surface area (Å²) in [6.07, 6.45) is 3.15. The standard InChI is InChI=1S/C16H17N3O2S/c1-17-6-2-3-13(17)16(21)18-7-4-12-14(18)9-15(20)19(12)11-5-8-22-10-11/h2-3,5-6,8,10,12,14H,4,7,9H2,1H3/t12-,14+/m1/s1. The van der Waals surface area contributed by atoms with Gasteiger partial charge in [-0.2, -0.15) is 11.3 Å². The van der Waals surface area contributed by atoms with Crippen molar-refractivity contribution in [1.82, 2.24) is 9.47 Å². The molecule has 0 saturated carbocycles. The molecule has 0 spiro atoms. The lowest BCUT2D eigenvalue weighted by Gasteiger charge is -2.25. The first-order chi connectivity index (χ1) is 10.7. The summed E-state index contributed by atoms with van der Waals surface area (Å²) in [5.74, 6) is 0.151. The van der Waals surface area contributed by atoms with Crippen molar-refractivity contribution in [2.75, 3.05) is 11.4 Å². The number of amides is 2. The minimum absolute atomic E-state index is 0.00481. The molecule has 2 aliphatic rings. The van der Waals surface area contributed by atoms with Crippen molar-refractivity contribution in [3.8, 4) is 0 Å². The molecule has 5 nitrogen and oxygen atoms in total. The third-order valence-corrected chi connectivity index (χ3v) is 5.37. The predicted molar refractivity (Wildman–Crippen MR) is 85.1 cm³/mol. The SMILES string of the molecule is Cn1cccc1C(=O)N1CC[C@@H]2[C@@H]1CC(=O)N2c1ccsc1. The van der Waals surface area contributed by atoms with E-state index < -0.39 is 0 Å². The van der Waals surface area contributed by atoms with Gasteiger partial charge in [0.15, 0.2) is 0 Å². The summed E-state index contributed by atoms with van der Waals surface area (Å²) in [4.78, 5) is 28.9. The van der Waals surface area contributed by atoms with Crippen LogP contribution in [0, 0.1) is 0 Å². The smallest absolute Gasteiger partial charge is 0.270 e. The molecule has 4 heterocycles. The second-order valence-electron chi connectivity index (χ2n) is 5.88. The molecule has 2 aromatic rings. The van der Waals surface area contributed by atoms with E-state index in [-0.39, 0.29) is 23.9 Å². The lowest BCUT2D eigenvalue weighted by Crippen LogP contribution is -2.40. The zero-order valence-corrected chi connectivity index (χ0v) is 13.1. The van der Waals surface area contributed by atoms with Crippen LogP contribution >= 0.6 is 11.3 Å². The van der Waals surface area contributed by atoms with E-state index in [1.165, 1.54) is 0 Å². The summed E-state index contributed by atoms with van der Waals surface area (Å²) < 4.78 is 1.84. The van der Waals surface area contributed by atoms with Gasteiger partial charge in [0.2, 0.25) is 5.91 Å². The van der Waals surface area contributed by atoms with Crippen molar-refractivity contribution >= 4 is 28.8 Å². The zero-order chi connectivity index (χ0) is 15.3. The molecule has 2 amide bonds. The zero-order valence-electron chi connectivity index (χ0n) is 12.3. The Morgan fingerprint density at radius 3 is 2.86 bits per heavy atom. The quantitative estimate of drug-likeness (QED) is 0.852. The van der Waals surface area contributed by atoms with Gasteiger partial charge in [-0.1, -0.05) is 0 Å². The number of carbonyl (C=O) groups is 2. The monoisotopic (exact) mass is 315 g/mol. The number of aryl methyl sites for hydroxylation is 1. The van der Waals surface area contributed by atoms with Crippen molar-refractivity contribution in [1.29, 1.82) is 0 Å². The number of anilines is 1. The number of rotatable bonds is 2. The highest BCUT2D eigenvalue weighted by Crippen LogP contribution is 2.37. The topological polar surface area (TPSA) is 45.6 Å². The Morgan fingerprint density at radius 2 is 2.18 bits per heavy atom. The van der Waals surface area contributed by atoms with E-state index in [9.17, 15) is 9.59 Å². The third kappa shape index (κ3) is 1.90. The average molecular weight is 315 g/mol. The summed E-state index contributed by atoms with van der Waals surface area (Å²) in [7, 11) is 1.87. The molecule has 0 aromatic carbocycles. The minimum Gasteiger partial charge on any atom is -0.347 e. The van der Waals surface area contributed by atoms with E-state index >= 15 is 0 Å². The van der Waals surface area contributed by atoms with Crippen LogP contribution < -0.4 is 4.90 Å². The number of thiophene rings is 1. The van der Waals surface area contributed by atoms with Gasteiger partial charge < -0.3 is 14.4 Å². The minimum atomic E-state index is -0.00481. The van der Waals surface area contributed by atoms with Crippen LogP contribution in [0.3, 0.4) is 0 Å². The Morgan fingerprint density at radius 1 is 1.32 bits per heavy atom. The molecule has 0 unspecified atom stereocenters. The number of carbonyl (C=O) groups excluding carboxylic acids is 2. The molecule has 2 atom stereocenters. The van der Waals surface area contributed by atoms with Crippen molar-refractivity contribution < 1.29 is 9.59 Å². The maximum atomic E-state index is 12.7. The first-order valence-corrected chi connectivity index (χ1v) is 8.37. The lowest BCUT2D eigenvalue weighted by atomic mass is 10.1. The number of likely N-dealkylation sites (tertiary alicyclic amines) is 1. The molecule has 0 bridgehead atoms. The normalized spacial score (nSPS) is 24.1. The van der Waals surface area contributed by atoms with Crippen LogP contribution in [-0.4, -0.2) is 39.9 Å². The van der Waals surface area contributed by atoms with Gasteiger partial charge in [0, 0.05) is 31.6 Å². The van der Waals surface area contributed by atoms with Gasteiger partial charge in [0.25, 0.3) is 5.91 Å². The fourth-order valence-electron chi connectivity index (χ4n) is 3.66. The summed E-state index contributed by atoms with van der Waals surface area (Å²) in [6.45, 7) is 0.716. The van der Waals surface area contributed by atoms with E-state index in [0.29, 0.717) is 18.7 Å². The summed E-state index contributed by atoms with van der Waals surface area (Å²) in [5, 5.41) is 3.99. The average Bonchev–Trinajstić information content (AvgIpc) is 3.22. The molecule has 2 aromatic heterocycles. The van der Waals surface area contributed by atoms with Crippen molar-refractivity contribution in [2.24, 2.45) is 7.05 Å². The van der Waals surface area contributed by atoms with Crippen molar-refractivity contribution in [2.45, 2.75) is 24.9 Å². The molecule has 4 rings (SSSR count). The molecule has 2 aliphatic heterocycles. The Labute approximate surface area is 132 Å². The van der Waals surface area contributed by atoms with E-state index in [1.54, 1.807) is 11.3 Å². The summed E-state index contributed by atoms with van der Waals surface area (Å²) in [6, 6.07) is 5.80. The van der Waals surface area contributed by atoms with Crippen molar-refractivity contribution in [3.63, 3.8) is 0 Å². The molecule has 114 valence electrons. The molecule has 0 aliphatic carbocycles. The first-order valence-electron chi connectivity index (χ1n) is 7.43. The molecular formula is C16H17N3O2S. The third-order valence-electron chi connectivity index (χ3n) is 4.70. The first kappa shape index (κ1) is 13.6. The van der Waals surface area contributed by atoms with Crippen LogP contribution in [0.1, 0.15) is 23.3 Å². The van der Waals surface area contributed by atoms with Gasteiger partial charge in [0.1, 0.15) is 5.69 Å². The summed E-state index contributed by atoms with van der Waals surface area (Å²) in [5.41, 5.74) is 1.65. The molecule has 2 saturated heterocycles. The molecule has 0 N–H and O–H groups in total. The van der Waals surface area contributed by atoms with Crippen LogP contribution in [0.25, 0.3) is 0 Å². The second kappa shape index (κ2) is 4.98. The maximum Gasteiger partial charge on any atom is 0.270 e. The van der Waals surface area contributed by atoms with Crippen molar-refractivity contribution in [3.05, 3.63) is 40.8 Å². The Hall–Kier alpha value is -2.08. The van der Waals surface area contributed by atoms with E-state index in [4.69, 9.17) is 0 Å². The second-order valence-corrected chi connectivity index (χ2v) is 6.66. The lowest BCUT2D eigenvalue weighted by molar-refractivity contribution is -0.117. The highest BCUT2D eigenvalue weighted by Gasteiger charge is 2.49. The van der Waals surface area contributed by atoms with Crippen LogP contribution in [0.5, 0.6) is 0 Å². The fourth-order valence-corrected chi connectivity index (χ4v) is 4.29. The number of aromatic nitrogens is 1. The highest BCUT2D eigenvalue weighted by molar-refractivity contribution is 7.08. The van der Waals surface area contributed by atoms with E-state index in [1.807, 2.05) is 56.6 Å². The van der Waals surface area contributed by atoms with Gasteiger partial charge in [-0.25, -0.2) is 0 Å². The van der Waals surface area contributed by atoms with Crippen LogP contribution in [0.4, 0.5) is 5.69 Å². The van der Waals surface area contributed by atoms with Gasteiger partial charge in [-0.05, 0) is 30.0 Å². The van der Waals surface area contributed by atoms with Crippen LogP contribution in [0.15, 0.2) is 35.2 Å². The van der Waals surface area contributed by atoms with Crippen LogP contribution in [-0.2, 0) is 11.8 Å². The largest absolute Gasteiger partial charge is 0.347 e. The van der Waals surface area contributed by atoms with Gasteiger partial charge >= 0.3 is 0 Å². The Balaban J connectivity index is 1.61. The number of hydrogen-bond acceptors (Lipinski definition) is 3. The molecule has 6 heteroatoms. The van der Waals surface area contributed by atoms with E-state index in [0.717, 1.165) is 12.1 Å². The molecular weight excluding hydrogens is 298 g/mol.